The third-order valence-electron chi connectivity index (χ3n) is 5.33. The molecule has 26 heavy (non-hydrogen) atoms. The molecular formula is C17H20N4O3S2. The van der Waals surface area contributed by atoms with Crippen LogP contribution in [0.3, 0.4) is 0 Å². The molecule has 2 fully saturated rings. The number of aromatic nitrogens is 2. The van der Waals surface area contributed by atoms with E-state index < -0.39 is 10.0 Å². The number of amides is 1. The van der Waals surface area contributed by atoms with Crippen LogP contribution in [-0.4, -0.2) is 59.7 Å². The van der Waals surface area contributed by atoms with Crippen LogP contribution in [-0.2, 0) is 10.0 Å². The van der Waals surface area contributed by atoms with Gasteiger partial charge in [-0.05, 0) is 25.0 Å². The Hall–Kier alpha value is -1.84. The number of aryl methyl sites for hydroxylation is 1. The molecule has 1 amide bonds. The molecule has 7 nitrogen and oxygen atoms in total. The minimum Gasteiger partial charge on any atom is -0.337 e. The highest BCUT2D eigenvalue weighted by Crippen LogP contribution is 2.44. The smallest absolute Gasteiger partial charge is 0.265 e. The van der Waals surface area contributed by atoms with Gasteiger partial charge in [-0.1, -0.05) is 6.92 Å². The zero-order valence-electron chi connectivity index (χ0n) is 14.6. The van der Waals surface area contributed by atoms with E-state index in [1.165, 1.54) is 21.8 Å². The predicted octanol–water partition coefficient (Wildman–Crippen LogP) is 1.63. The first-order chi connectivity index (χ1) is 12.3. The minimum absolute atomic E-state index is 0.00658. The summed E-state index contributed by atoms with van der Waals surface area (Å²) in [5.74, 6) is 0.125. The van der Waals surface area contributed by atoms with E-state index in [1.807, 2.05) is 11.8 Å². The molecule has 0 aliphatic carbocycles. The molecule has 2 aliphatic rings. The number of fused-ring (bicyclic) bond motifs is 1. The average molecular weight is 393 g/mol. The van der Waals surface area contributed by atoms with Gasteiger partial charge in [0.2, 0.25) is 10.0 Å². The fourth-order valence-corrected chi connectivity index (χ4v) is 6.22. The number of rotatable bonds is 3. The van der Waals surface area contributed by atoms with Gasteiger partial charge in [-0.15, -0.1) is 11.3 Å². The van der Waals surface area contributed by atoms with Crippen LogP contribution in [0.5, 0.6) is 0 Å². The second-order valence-electron chi connectivity index (χ2n) is 7.27. The van der Waals surface area contributed by atoms with E-state index in [1.54, 1.807) is 24.5 Å². The van der Waals surface area contributed by atoms with Crippen LogP contribution >= 0.6 is 11.3 Å². The monoisotopic (exact) mass is 392 g/mol. The van der Waals surface area contributed by atoms with Crippen molar-refractivity contribution >= 4 is 27.3 Å². The summed E-state index contributed by atoms with van der Waals surface area (Å²) in [5.41, 5.74) is -0.231. The average Bonchev–Trinajstić information content (AvgIpc) is 3.26. The molecule has 2 atom stereocenters. The molecule has 0 unspecified atom stereocenters. The van der Waals surface area contributed by atoms with Crippen LogP contribution in [0.2, 0.25) is 0 Å². The highest BCUT2D eigenvalue weighted by molar-refractivity contribution is 7.89. The number of carbonyl (C=O) groups excluding carboxylic acids is 1. The van der Waals surface area contributed by atoms with Crippen LogP contribution in [0.25, 0.3) is 0 Å². The van der Waals surface area contributed by atoms with Crippen molar-refractivity contribution in [3.8, 4) is 0 Å². The Morgan fingerprint density at radius 1 is 1.31 bits per heavy atom. The van der Waals surface area contributed by atoms with Gasteiger partial charge < -0.3 is 4.90 Å². The molecule has 2 saturated heterocycles. The largest absolute Gasteiger partial charge is 0.337 e. The summed E-state index contributed by atoms with van der Waals surface area (Å²) in [6, 6.07) is 3.20. The molecule has 2 aromatic heterocycles. The van der Waals surface area contributed by atoms with Gasteiger partial charge in [-0.3, -0.25) is 9.78 Å². The number of likely N-dealkylation sites (tertiary alicyclic amines) is 1. The van der Waals surface area contributed by atoms with E-state index in [2.05, 4.69) is 16.9 Å². The molecular weight excluding hydrogens is 372 g/mol. The van der Waals surface area contributed by atoms with Gasteiger partial charge in [0.15, 0.2) is 0 Å². The van der Waals surface area contributed by atoms with E-state index >= 15 is 0 Å². The lowest BCUT2D eigenvalue weighted by molar-refractivity contribution is 0.0774. The first kappa shape index (κ1) is 17.6. The Bertz CT molecular complexity index is 944. The first-order valence-electron chi connectivity index (χ1n) is 8.41. The Morgan fingerprint density at radius 3 is 2.73 bits per heavy atom. The number of hydrogen-bond acceptors (Lipinski definition) is 6. The zero-order valence-corrected chi connectivity index (χ0v) is 16.3. The Kier molecular flexibility index (Phi) is 4.13. The van der Waals surface area contributed by atoms with E-state index in [-0.39, 0.29) is 22.1 Å². The number of nitrogens with zero attached hydrogens (tertiary/aromatic N) is 4. The van der Waals surface area contributed by atoms with E-state index in [0.29, 0.717) is 31.1 Å². The number of hydrogen-bond donors (Lipinski definition) is 0. The van der Waals surface area contributed by atoms with E-state index in [4.69, 9.17) is 0 Å². The highest BCUT2D eigenvalue weighted by atomic mass is 32.2. The third kappa shape index (κ3) is 2.83. The third-order valence-corrected chi connectivity index (χ3v) is 8.03. The van der Waals surface area contributed by atoms with E-state index in [0.717, 1.165) is 5.01 Å². The van der Waals surface area contributed by atoms with Crippen LogP contribution in [0.4, 0.5) is 0 Å². The summed E-state index contributed by atoms with van der Waals surface area (Å²) in [7, 11) is -3.55. The lowest BCUT2D eigenvalue weighted by Gasteiger charge is -2.25. The molecule has 9 heteroatoms. The number of carbonyl (C=O) groups is 1. The standard InChI is InChI=1S/C17H20N4O3S2/c1-12-19-7-15(25-12)16(22)20-8-13-9-21(11-17(13,2)10-20)26(23,24)14-4-3-5-18-6-14/h3-7,13H,8-11H2,1-2H3/t13-,17+/m1/s1. The van der Waals surface area contributed by atoms with Crippen molar-refractivity contribution in [3.63, 3.8) is 0 Å². The fourth-order valence-electron chi connectivity index (χ4n) is 3.89. The lowest BCUT2D eigenvalue weighted by Crippen LogP contribution is -2.37. The van der Waals surface area contributed by atoms with E-state index in [9.17, 15) is 13.2 Å². The summed E-state index contributed by atoms with van der Waals surface area (Å²) in [6.45, 7) is 5.93. The molecule has 0 N–H and O–H groups in total. The molecule has 0 bridgehead atoms. The molecule has 2 aliphatic heterocycles. The number of pyridine rings is 1. The van der Waals surface area contributed by atoms with Gasteiger partial charge >= 0.3 is 0 Å². The van der Waals surface area contributed by atoms with Crippen LogP contribution in [0, 0.1) is 18.3 Å². The van der Waals surface area contributed by atoms with Crippen molar-refractivity contribution in [2.75, 3.05) is 26.2 Å². The van der Waals surface area contributed by atoms with Crippen molar-refractivity contribution in [3.05, 3.63) is 40.6 Å². The van der Waals surface area contributed by atoms with Gasteiger partial charge in [0.25, 0.3) is 5.91 Å². The summed E-state index contributed by atoms with van der Waals surface area (Å²) in [4.78, 5) is 23.5. The highest BCUT2D eigenvalue weighted by Gasteiger charge is 2.53. The summed E-state index contributed by atoms with van der Waals surface area (Å²) in [5, 5.41) is 0.868. The topological polar surface area (TPSA) is 83.5 Å². The van der Waals surface area contributed by atoms with Crippen molar-refractivity contribution in [2.45, 2.75) is 18.7 Å². The Labute approximate surface area is 156 Å². The van der Waals surface area contributed by atoms with Gasteiger partial charge in [-0.2, -0.15) is 4.31 Å². The summed E-state index contributed by atoms with van der Waals surface area (Å²) in [6.07, 6.45) is 4.56. The summed E-state index contributed by atoms with van der Waals surface area (Å²) < 4.78 is 27.2. The maximum Gasteiger partial charge on any atom is 0.265 e. The molecule has 4 rings (SSSR count). The molecule has 4 heterocycles. The second-order valence-corrected chi connectivity index (χ2v) is 10.4. The van der Waals surface area contributed by atoms with Crippen LogP contribution in [0.1, 0.15) is 21.6 Å². The van der Waals surface area contributed by atoms with Crippen molar-refractivity contribution in [2.24, 2.45) is 11.3 Å². The Balaban J connectivity index is 1.51. The van der Waals surface area contributed by atoms with Gasteiger partial charge in [-0.25, -0.2) is 13.4 Å². The molecule has 0 saturated carbocycles. The van der Waals surface area contributed by atoms with Gasteiger partial charge in [0.05, 0.1) is 11.2 Å². The predicted molar refractivity (Wildman–Crippen MR) is 97.3 cm³/mol. The van der Waals surface area contributed by atoms with Crippen molar-refractivity contribution < 1.29 is 13.2 Å². The van der Waals surface area contributed by atoms with Crippen LogP contribution < -0.4 is 0 Å². The molecule has 0 aromatic carbocycles. The van der Waals surface area contributed by atoms with Crippen molar-refractivity contribution in [1.82, 2.24) is 19.2 Å². The summed E-state index contributed by atoms with van der Waals surface area (Å²) >= 11 is 1.40. The molecule has 2 aromatic rings. The maximum absolute atomic E-state index is 12.8. The normalized spacial score (nSPS) is 26.2. The SMILES string of the molecule is Cc1ncc(C(=O)N2C[C@@H]3CN(S(=O)(=O)c4cccnc4)C[C@]3(C)C2)s1. The van der Waals surface area contributed by atoms with Gasteiger partial charge in [0.1, 0.15) is 9.77 Å². The minimum atomic E-state index is -3.55. The molecule has 0 spiro atoms. The quantitative estimate of drug-likeness (QED) is 0.793. The molecule has 138 valence electrons. The number of thiazole rings is 1. The zero-order chi connectivity index (χ0) is 18.5. The molecule has 0 radical (unpaired) electrons. The lowest BCUT2D eigenvalue weighted by atomic mass is 9.83. The van der Waals surface area contributed by atoms with Gasteiger partial charge in [0, 0.05) is 44.0 Å². The maximum atomic E-state index is 12.8. The first-order valence-corrected chi connectivity index (χ1v) is 10.7. The Morgan fingerprint density at radius 2 is 2.12 bits per heavy atom. The number of sulfonamides is 1. The van der Waals surface area contributed by atoms with Crippen LogP contribution in [0.15, 0.2) is 35.6 Å². The van der Waals surface area contributed by atoms with Crippen molar-refractivity contribution in [1.29, 1.82) is 0 Å². The second kappa shape index (κ2) is 6.11. The fraction of sp³-hybridized carbons (Fsp3) is 0.471.